The van der Waals surface area contributed by atoms with E-state index in [1.54, 1.807) is 23.9 Å². The monoisotopic (exact) mass is 483 g/mol. The lowest BCUT2D eigenvalue weighted by molar-refractivity contribution is -0.131. The largest absolute Gasteiger partial charge is 0.474 e. The van der Waals surface area contributed by atoms with E-state index in [0.29, 0.717) is 44.1 Å². The average molecular weight is 484 g/mol. The fraction of sp³-hybridized carbons (Fsp3) is 0.550. The second-order valence-corrected chi connectivity index (χ2v) is 9.23. The van der Waals surface area contributed by atoms with E-state index in [9.17, 15) is 14.0 Å². The number of nitrogens with one attached hydrogen (secondary N) is 2. The number of thiocarbonyl (C=S) groups is 1. The minimum absolute atomic E-state index is 0.103. The number of methoxy groups -OCH3 is 1. The Morgan fingerprint density at radius 2 is 2.16 bits per heavy atom. The van der Waals surface area contributed by atoms with Crippen LogP contribution in [0.1, 0.15) is 0 Å². The molecular formula is C20H26FN5O4S2. The molecule has 4 rings (SSSR count). The molecule has 12 heteroatoms. The molecule has 1 aromatic rings. The van der Waals surface area contributed by atoms with Crippen LogP contribution in [0.15, 0.2) is 18.2 Å². The molecule has 0 aromatic heterocycles. The highest BCUT2D eigenvalue weighted by Crippen LogP contribution is 2.29. The summed E-state index contributed by atoms with van der Waals surface area (Å²) in [5.41, 5.74) is 0.900. The maximum Gasteiger partial charge on any atom is 0.414 e. The highest BCUT2D eigenvalue weighted by Gasteiger charge is 2.34. The fourth-order valence-electron chi connectivity index (χ4n) is 3.95. The average Bonchev–Trinajstić information content (AvgIpc) is 3.47. The molecule has 3 fully saturated rings. The van der Waals surface area contributed by atoms with Crippen LogP contribution in [0.5, 0.6) is 0 Å². The number of amides is 2. The Hall–Kier alpha value is -2.31. The Kier molecular flexibility index (Phi) is 7.21. The molecule has 9 nitrogen and oxygen atoms in total. The van der Waals surface area contributed by atoms with Crippen LogP contribution in [0, 0.1) is 5.82 Å². The first kappa shape index (κ1) is 22.9. The van der Waals surface area contributed by atoms with Gasteiger partial charge in [-0.25, -0.2) is 9.18 Å². The van der Waals surface area contributed by atoms with Crippen LogP contribution in [0.25, 0.3) is 0 Å². The molecule has 0 radical (unpaired) electrons. The minimum atomic E-state index is -0.530. The van der Waals surface area contributed by atoms with Crippen molar-refractivity contribution >= 4 is 52.5 Å². The number of rotatable bonds is 5. The van der Waals surface area contributed by atoms with Crippen molar-refractivity contribution in [3.8, 4) is 0 Å². The molecule has 0 spiro atoms. The van der Waals surface area contributed by atoms with Crippen molar-refractivity contribution in [3.05, 3.63) is 24.0 Å². The Morgan fingerprint density at radius 3 is 2.81 bits per heavy atom. The molecule has 3 heterocycles. The Bertz CT molecular complexity index is 878. The van der Waals surface area contributed by atoms with Crippen LogP contribution >= 0.6 is 24.0 Å². The van der Waals surface area contributed by atoms with E-state index in [-0.39, 0.29) is 23.0 Å². The van der Waals surface area contributed by atoms with Crippen LogP contribution in [0.4, 0.5) is 20.6 Å². The zero-order chi connectivity index (χ0) is 22.7. The predicted molar refractivity (Wildman–Crippen MR) is 125 cm³/mol. The molecule has 0 saturated carbocycles. The highest BCUT2D eigenvalue weighted by atomic mass is 32.2. The zero-order valence-corrected chi connectivity index (χ0v) is 19.3. The lowest BCUT2D eigenvalue weighted by atomic mass is 10.2. The van der Waals surface area contributed by atoms with Crippen LogP contribution in [-0.2, 0) is 14.3 Å². The van der Waals surface area contributed by atoms with E-state index in [0.717, 1.165) is 12.3 Å². The van der Waals surface area contributed by atoms with Gasteiger partial charge < -0.3 is 24.6 Å². The van der Waals surface area contributed by atoms with Crippen LogP contribution in [0.2, 0.25) is 0 Å². The van der Waals surface area contributed by atoms with Gasteiger partial charge in [0.2, 0.25) is 5.91 Å². The van der Waals surface area contributed by atoms with Crippen molar-refractivity contribution in [1.82, 2.24) is 15.5 Å². The van der Waals surface area contributed by atoms with Gasteiger partial charge in [0, 0.05) is 38.5 Å². The molecule has 3 saturated heterocycles. The smallest absolute Gasteiger partial charge is 0.414 e. The molecule has 3 aliphatic heterocycles. The third kappa shape index (κ3) is 5.02. The first-order valence-corrected chi connectivity index (χ1v) is 11.9. The number of nitrogens with zero attached hydrogens (tertiary/aromatic N) is 3. The van der Waals surface area contributed by atoms with Gasteiger partial charge >= 0.3 is 6.09 Å². The summed E-state index contributed by atoms with van der Waals surface area (Å²) in [6.07, 6.45) is -0.950. The van der Waals surface area contributed by atoms with Crippen molar-refractivity contribution in [2.75, 3.05) is 68.5 Å². The number of carbonyl (C=O) groups is 2. The highest BCUT2D eigenvalue weighted by molar-refractivity contribution is 8.00. The zero-order valence-electron chi connectivity index (χ0n) is 17.7. The number of thioether (sulfide) groups is 1. The SMILES string of the molecule is COC(=S)NCC1CN(c2ccc(N3CCN(C(=O)C4NCCS4)CC3)c(F)c2)C(=O)O1. The summed E-state index contributed by atoms with van der Waals surface area (Å²) in [5.74, 6) is 0.632. The van der Waals surface area contributed by atoms with Gasteiger partial charge in [-0.05, 0) is 30.4 Å². The van der Waals surface area contributed by atoms with E-state index in [1.807, 2.05) is 9.80 Å². The molecule has 2 unspecified atom stereocenters. The summed E-state index contributed by atoms with van der Waals surface area (Å²) in [4.78, 5) is 29.9. The Balaban J connectivity index is 1.34. The Morgan fingerprint density at radius 1 is 1.38 bits per heavy atom. The number of halogens is 1. The van der Waals surface area contributed by atoms with E-state index in [4.69, 9.17) is 21.7 Å². The summed E-state index contributed by atoms with van der Waals surface area (Å²) < 4.78 is 25.1. The molecule has 32 heavy (non-hydrogen) atoms. The molecule has 2 amide bonds. The first-order chi connectivity index (χ1) is 15.5. The van der Waals surface area contributed by atoms with Gasteiger partial charge in [0.05, 0.1) is 31.6 Å². The van der Waals surface area contributed by atoms with Gasteiger partial charge in [0.15, 0.2) is 0 Å². The fourth-order valence-corrected chi connectivity index (χ4v) is 5.03. The lowest BCUT2D eigenvalue weighted by Crippen LogP contribution is -2.52. The van der Waals surface area contributed by atoms with Gasteiger partial charge in [-0.3, -0.25) is 15.0 Å². The quantitative estimate of drug-likeness (QED) is 0.596. The van der Waals surface area contributed by atoms with Crippen LogP contribution in [-0.4, -0.2) is 92.2 Å². The van der Waals surface area contributed by atoms with E-state index >= 15 is 0 Å². The summed E-state index contributed by atoms with van der Waals surface area (Å²) in [6.45, 7) is 3.65. The number of piperazine rings is 1. The van der Waals surface area contributed by atoms with Gasteiger partial charge in [-0.1, -0.05) is 0 Å². The second kappa shape index (κ2) is 10.1. The summed E-state index contributed by atoms with van der Waals surface area (Å²) in [5, 5.41) is 6.10. The number of hydrogen-bond acceptors (Lipinski definition) is 8. The molecule has 1 aromatic carbocycles. The van der Waals surface area contributed by atoms with E-state index < -0.39 is 18.0 Å². The van der Waals surface area contributed by atoms with E-state index in [2.05, 4.69) is 10.6 Å². The number of benzene rings is 1. The molecule has 2 N–H and O–H groups in total. The van der Waals surface area contributed by atoms with Gasteiger partial charge in [0.25, 0.3) is 5.17 Å². The van der Waals surface area contributed by atoms with Crippen LogP contribution in [0.3, 0.4) is 0 Å². The van der Waals surface area contributed by atoms with Crippen molar-refractivity contribution in [2.24, 2.45) is 0 Å². The second-order valence-electron chi connectivity index (χ2n) is 7.64. The predicted octanol–water partition coefficient (Wildman–Crippen LogP) is 0.983. The molecule has 2 atom stereocenters. The summed E-state index contributed by atoms with van der Waals surface area (Å²) >= 11 is 6.55. The molecule has 174 valence electrons. The molecule has 3 aliphatic rings. The van der Waals surface area contributed by atoms with Gasteiger partial charge in [-0.2, -0.15) is 0 Å². The topological polar surface area (TPSA) is 86.4 Å². The molecule has 0 aliphatic carbocycles. The Labute approximate surface area is 195 Å². The number of anilines is 2. The normalized spacial score (nSPS) is 23.3. The number of cyclic esters (lactones) is 1. The molecule has 0 bridgehead atoms. The van der Waals surface area contributed by atoms with Crippen LogP contribution < -0.4 is 20.4 Å². The lowest BCUT2D eigenvalue weighted by Gasteiger charge is -2.37. The third-order valence-corrected chi connectivity index (χ3v) is 7.10. The van der Waals surface area contributed by atoms with Crippen molar-refractivity contribution < 1.29 is 23.5 Å². The maximum atomic E-state index is 15.0. The summed E-state index contributed by atoms with van der Waals surface area (Å²) in [7, 11) is 1.45. The number of carbonyl (C=O) groups excluding carboxylic acids is 2. The van der Waals surface area contributed by atoms with Crippen molar-refractivity contribution in [2.45, 2.75) is 11.5 Å². The standard InChI is InChI=1S/C20H26FN5O4S2/c1-29-19(31)23-11-14-12-26(20(28)30-14)13-2-3-16(15(21)10-13)24-5-7-25(8-6-24)18(27)17-22-4-9-32-17/h2-3,10,14,17,22H,4-9,11-12H2,1H3,(H,23,31). The first-order valence-electron chi connectivity index (χ1n) is 10.4. The van der Waals surface area contributed by atoms with E-state index in [1.165, 1.54) is 18.1 Å². The molecular weight excluding hydrogens is 457 g/mol. The number of ether oxygens (including phenoxy) is 2. The van der Waals surface area contributed by atoms with Crippen molar-refractivity contribution in [3.63, 3.8) is 0 Å². The van der Waals surface area contributed by atoms with Crippen molar-refractivity contribution in [1.29, 1.82) is 0 Å². The van der Waals surface area contributed by atoms with Gasteiger partial charge in [-0.15, -0.1) is 11.8 Å². The van der Waals surface area contributed by atoms with Gasteiger partial charge in [0.1, 0.15) is 17.3 Å². The third-order valence-electron chi connectivity index (χ3n) is 5.65. The summed E-state index contributed by atoms with van der Waals surface area (Å²) in [6, 6.07) is 4.74. The maximum absolute atomic E-state index is 15.0. The minimum Gasteiger partial charge on any atom is -0.474 e. The number of hydrogen-bond donors (Lipinski definition) is 2.